The predicted octanol–water partition coefficient (Wildman–Crippen LogP) is 1.22. The summed E-state index contributed by atoms with van der Waals surface area (Å²) in [7, 11) is 1.51. The van der Waals surface area contributed by atoms with Crippen LogP contribution in [0.15, 0.2) is 18.2 Å². The molecule has 6 nitrogen and oxygen atoms in total. The van der Waals surface area contributed by atoms with Crippen molar-refractivity contribution in [2.45, 2.75) is 18.9 Å². The molecule has 0 bridgehead atoms. The minimum absolute atomic E-state index is 0.0716. The summed E-state index contributed by atoms with van der Waals surface area (Å²) in [5, 5.41) is 11.8. The van der Waals surface area contributed by atoms with Gasteiger partial charge in [0.25, 0.3) is 5.91 Å². The summed E-state index contributed by atoms with van der Waals surface area (Å²) < 4.78 is 18.4. The van der Waals surface area contributed by atoms with Gasteiger partial charge in [-0.2, -0.15) is 0 Å². The summed E-state index contributed by atoms with van der Waals surface area (Å²) in [6.07, 6.45) is 0.791. The lowest BCUT2D eigenvalue weighted by molar-refractivity contribution is -0.138. The lowest BCUT2D eigenvalue weighted by Gasteiger charge is -2.17. The number of carboxylic acid groups (broad SMARTS) is 1. The number of carboxylic acids is 1. The van der Waals surface area contributed by atoms with E-state index in [1.807, 2.05) is 0 Å². The van der Waals surface area contributed by atoms with Crippen LogP contribution in [0.5, 0.6) is 0 Å². The molecule has 1 aromatic carbocycles. The average molecular weight is 284 g/mol. The van der Waals surface area contributed by atoms with Crippen molar-refractivity contribution in [1.82, 2.24) is 0 Å². The Bertz CT molecular complexity index is 493. The number of ether oxygens (including phenoxy) is 1. The van der Waals surface area contributed by atoms with Crippen LogP contribution in [-0.4, -0.2) is 36.7 Å². The Balaban J connectivity index is 2.91. The molecule has 0 aromatic heterocycles. The van der Waals surface area contributed by atoms with E-state index in [1.165, 1.54) is 19.2 Å². The van der Waals surface area contributed by atoms with Gasteiger partial charge in [0.05, 0.1) is 11.3 Å². The molecule has 0 aliphatic heterocycles. The van der Waals surface area contributed by atoms with Crippen molar-refractivity contribution in [3.63, 3.8) is 0 Å². The molecule has 4 N–H and O–H groups in total. The molecule has 0 saturated heterocycles. The van der Waals surface area contributed by atoms with Crippen molar-refractivity contribution in [2.24, 2.45) is 5.73 Å². The van der Waals surface area contributed by atoms with Crippen molar-refractivity contribution in [2.75, 3.05) is 19.0 Å². The van der Waals surface area contributed by atoms with Gasteiger partial charge in [-0.3, -0.25) is 4.79 Å². The van der Waals surface area contributed by atoms with E-state index in [9.17, 15) is 14.0 Å². The van der Waals surface area contributed by atoms with E-state index in [2.05, 4.69) is 5.32 Å². The lowest BCUT2D eigenvalue weighted by atomic mass is 10.1. The van der Waals surface area contributed by atoms with Gasteiger partial charge in [-0.1, -0.05) is 6.07 Å². The maximum absolute atomic E-state index is 13.6. The van der Waals surface area contributed by atoms with Gasteiger partial charge in [-0.25, -0.2) is 9.18 Å². The third kappa shape index (κ3) is 4.20. The van der Waals surface area contributed by atoms with Gasteiger partial charge < -0.3 is 20.9 Å². The number of carbonyl (C=O) groups excluding carboxylic acids is 1. The number of methoxy groups -OCH3 is 1. The molecule has 0 aliphatic carbocycles. The first-order valence-corrected chi connectivity index (χ1v) is 6.04. The van der Waals surface area contributed by atoms with E-state index in [0.717, 1.165) is 6.07 Å². The van der Waals surface area contributed by atoms with Gasteiger partial charge in [0.2, 0.25) is 0 Å². The van der Waals surface area contributed by atoms with Crippen LogP contribution >= 0.6 is 0 Å². The summed E-state index contributed by atoms with van der Waals surface area (Å²) in [6.45, 7) is 0.414. The number of primary amides is 1. The van der Waals surface area contributed by atoms with Crippen molar-refractivity contribution in [3.8, 4) is 0 Å². The smallest absolute Gasteiger partial charge is 0.326 e. The Kier molecular flexibility index (Phi) is 5.92. The second-order valence-corrected chi connectivity index (χ2v) is 4.20. The Hall–Kier alpha value is -2.15. The van der Waals surface area contributed by atoms with E-state index in [4.69, 9.17) is 15.6 Å². The number of nitrogens with one attached hydrogen (secondary N) is 1. The number of nitrogens with two attached hydrogens (primary N) is 1. The number of carbonyl (C=O) groups is 2. The average Bonchev–Trinajstić information content (AvgIpc) is 2.37. The zero-order valence-corrected chi connectivity index (χ0v) is 11.1. The monoisotopic (exact) mass is 284 g/mol. The molecule has 1 atom stereocenters. The summed E-state index contributed by atoms with van der Waals surface area (Å²) in [5.74, 6) is -2.84. The zero-order valence-electron chi connectivity index (χ0n) is 11.1. The number of amides is 1. The Labute approximate surface area is 115 Å². The number of hydrogen-bond donors (Lipinski definition) is 3. The molecule has 1 aromatic rings. The van der Waals surface area contributed by atoms with Gasteiger partial charge in [0.1, 0.15) is 11.9 Å². The highest BCUT2D eigenvalue weighted by molar-refractivity contribution is 5.99. The minimum atomic E-state index is -1.10. The fourth-order valence-corrected chi connectivity index (χ4v) is 1.77. The van der Waals surface area contributed by atoms with Crippen molar-refractivity contribution in [3.05, 3.63) is 29.6 Å². The van der Waals surface area contributed by atoms with E-state index < -0.39 is 23.7 Å². The SMILES string of the molecule is COCCCC(Nc1cccc(F)c1C(N)=O)C(=O)O. The quantitative estimate of drug-likeness (QED) is 0.623. The molecular weight excluding hydrogens is 267 g/mol. The van der Waals surface area contributed by atoms with E-state index in [1.54, 1.807) is 0 Å². The molecule has 0 fully saturated rings. The fourth-order valence-electron chi connectivity index (χ4n) is 1.77. The molecule has 0 spiro atoms. The summed E-state index contributed by atoms with van der Waals surface area (Å²) >= 11 is 0. The normalized spacial score (nSPS) is 11.9. The molecule has 0 radical (unpaired) electrons. The van der Waals surface area contributed by atoms with Crippen LogP contribution in [0.2, 0.25) is 0 Å². The van der Waals surface area contributed by atoms with E-state index in [-0.39, 0.29) is 17.7 Å². The van der Waals surface area contributed by atoms with Gasteiger partial charge in [-0.05, 0) is 25.0 Å². The number of rotatable bonds is 8. The number of hydrogen-bond acceptors (Lipinski definition) is 4. The first kappa shape index (κ1) is 15.9. The molecule has 20 heavy (non-hydrogen) atoms. The molecule has 7 heteroatoms. The maximum atomic E-state index is 13.6. The second kappa shape index (κ2) is 7.44. The van der Waals surface area contributed by atoms with Crippen LogP contribution in [0.3, 0.4) is 0 Å². The van der Waals surface area contributed by atoms with Crippen molar-refractivity contribution >= 4 is 17.6 Å². The van der Waals surface area contributed by atoms with Crippen LogP contribution in [0.4, 0.5) is 10.1 Å². The van der Waals surface area contributed by atoms with Crippen LogP contribution < -0.4 is 11.1 Å². The number of aliphatic carboxylic acids is 1. The molecule has 0 aliphatic rings. The maximum Gasteiger partial charge on any atom is 0.326 e. The van der Waals surface area contributed by atoms with Crippen molar-refractivity contribution < 1.29 is 23.8 Å². The summed E-state index contributed by atoms with van der Waals surface area (Å²) in [6, 6.07) is 2.92. The third-order valence-corrected chi connectivity index (χ3v) is 2.73. The van der Waals surface area contributed by atoms with E-state index >= 15 is 0 Å². The molecule has 0 heterocycles. The zero-order chi connectivity index (χ0) is 15.1. The first-order valence-electron chi connectivity index (χ1n) is 6.04. The Morgan fingerprint density at radius 3 is 2.75 bits per heavy atom. The molecule has 110 valence electrons. The highest BCUT2D eigenvalue weighted by Gasteiger charge is 2.21. The Morgan fingerprint density at radius 2 is 2.20 bits per heavy atom. The standard InChI is InChI=1S/C13H17FN2O4/c1-20-7-3-6-10(13(18)19)16-9-5-2-4-8(14)11(9)12(15)17/h2,4-5,10,16H,3,6-7H2,1H3,(H2,15,17)(H,18,19). The number of anilines is 1. The summed E-state index contributed by atoms with van der Waals surface area (Å²) in [4.78, 5) is 22.4. The second-order valence-electron chi connectivity index (χ2n) is 4.20. The molecule has 0 saturated carbocycles. The highest BCUT2D eigenvalue weighted by atomic mass is 19.1. The predicted molar refractivity (Wildman–Crippen MR) is 71.1 cm³/mol. The molecule has 1 amide bonds. The number of halogens is 1. The van der Waals surface area contributed by atoms with Crippen LogP contribution in [0.25, 0.3) is 0 Å². The van der Waals surface area contributed by atoms with Crippen LogP contribution in [0.1, 0.15) is 23.2 Å². The lowest BCUT2D eigenvalue weighted by Crippen LogP contribution is -2.31. The van der Waals surface area contributed by atoms with E-state index in [0.29, 0.717) is 13.0 Å². The van der Waals surface area contributed by atoms with Gasteiger partial charge in [0, 0.05) is 13.7 Å². The van der Waals surface area contributed by atoms with Gasteiger partial charge in [-0.15, -0.1) is 0 Å². The first-order chi connectivity index (χ1) is 9.47. The van der Waals surface area contributed by atoms with Gasteiger partial charge >= 0.3 is 5.97 Å². The third-order valence-electron chi connectivity index (χ3n) is 2.73. The minimum Gasteiger partial charge on any atom is -0.480 e. The van der Waals surface area contributed by atoms with Gasteiger partial charge in [0.15, 0.2) is 0 Å². The molecular formula is C13H17FN2O4. The Morgan fingerprint density at radius 1 is 1.50 bits per heavy atom. The molecule has 1 rings (SSSR count). The largest absolute Gasteiger partial charge is 0.480 e. The summed E-state index contributed by atoms with van der Waals surface area (Å²) in [5.41, 5.74) is 4.83. The topological polar surface area (TPSA) is 102 Å². The number of benzene rings is 1. The fraction of sp³-hybridized carbons (Fsp3) is 0.385. The highest BCUT2D eigenvalue weighted by Crippen LogP contribution is 2.20. The molecule has 1 unspecified atom stereocenters. The van der Waals surface area contributed by atoms with Crippen LogP contribution in [-0.2, 0) is 9.53 Å². The van der Waals surface area contributed by atoms with Crippen LogP contribution in [0, 0.1) is 5.82 Å². The van der Waals surface area contributed by atoms with Crippen molar-refractivity contribution in [1.29, 1.82) is 0 Å².